The number of amides is 2. The minimum Gasteiger partial charge on any atom is -0.488 e. The minimum absolute atomic E-state index is 0.352. The van der Waals surface area contributed by atoms with Crippen LogP contribution in [0, 0.1) is 0 Å². The van der Waals surface area contributed by atoms with Gasteiger partial charge in [0.15, 0.2) is 0 Å². The van der Waals surface area contributed by atoms with E-state index >= 15 is 0 Å². The molecule has 2 amide bonds. The van der Waals surface area contributed by atoms with Crippen molar-refractivity contribution in [2.45, 2.75) is 6.61 Å². The third-order valence-corrected chi connectivity index (χ3v) is 4.49. The van der Waals surface area contributed by atoms with E-state index in [4.69, 9.17) is 4.74 Å². The van der Waals surface area contributed by atoms with Gasteiger partial charge in [0.25, 0.3) is 11.1 Å². The van der Waals surface area contributed by atoms with Crippen LogP contribution < -0.4 is 10.1 Å². The number of rotatable bonds is 4. The zero-order chi connectivity index (χ0) is 16.2. The van der Waals surface area contributed by atoms with E-state index in [0.29, 0.717) is 17.3 Å². The van der Waals surface area contributed by atoms with Gasteiger partial charge in [0.05, 0.1) is 4.91 Å². The zero-order valence-corrected chi connectivity index (χ0v) is 14.3. The number of ether oxygens (including phenoxy) is 1. The first-order valence-electron chi connectivity index (χ1n) is 6.83. The van der Waals surface area contributed by atoms with Gasteiger partial charge in [-0.1, -0.05) is 46.3 Å². The molecule has 0 bridgehead atoms. The maximum absolute atomic E-state index is 11.6. The van der Waals surface area contributed by atoms with Crippen LogP contribution in [0.15, 0.2) is 57.9 Å². The van der Waals surface area contributed by atoms with Gasteiger partial charge in [0.1, 0.15) is 12.4 Å². The Morgan fingerprint density at radius 3 is 2.52 bits per heavy atom. The smallest absolute Gasteiger partial charge is 0.290 e. The molecular formula is C17H12BrNO3S. The highest BCUT2D eigenvalue weighted by molar-refractivity contribution is 9.10. The monoisotopic (exact) mass is 389 g/mol. The Morgan fingerprint density at radius 1 is 1.09 bits per heavy atom. The van der Waals surface area contributed by atoms with E-state index in [9.17, 15) is 9.59 Å². The van der Waals surface area contributed by atoms with Crippen LogP contribution in [0.2, 0.25) is 0 Å². The van der Waals surface area contributed by atoms with Gasteiger partial charge in [0.2, 0.25) is 0 Å². The molecule has 1 heterocycles. The second-order valence-corrected chi connectivity index (χ2v) is 6.74. The molecule has 0 aromatic heterocycles. The molecular weight excluding hydrogens is 378 g/mol. The molecule has 0 aliphatic carbocycles. The number of halogens is 1. The van der Waals surface area contributed by atoms with Crippen LogP contribution >= 0.6 is 27.7 Å². The lowest BCUT2D eigenvalue weighted by Gasteiger charge is -2.09. The lowest BCUT2D eigenvalue weighted by Crippen LogP contribution is -2.17. The van der Waals surface area contributed by atoms with Crippen molar-refractivity contribution in [1.29, 1.82) is 0 Å². The Balaban J connectivity index is 1.78. The first-order valence-corrected chi connectivity index (χ1v) is 8.44. The number of benzene rings is 2. The Labute approximate surface area is 146 Å². The van der Waals surface area contributed by atoms with Gasteiger partial charge in [-0.05, 0) is 41.6 Å². The van der Waals surface area contributed by atoms with Crippen LogP contribution in [0.25, 0.3) is 6.08 Å². The molecule has 1 N–H and O–H groups in total. The molecule has 1 saturated heterocycles. The van der Waals surface area contributed by atoms with Crippen molar-refractivity contribution in [3.63, 3.8) is 0 Å². The average Bonchev–Trinajstić information content (AvgIpc) is 2.86. The summed E-state index contributed by atoms with van der Waals surface area (Å²) in [5, 5.41) is 1.89. The molecule has 0 unspecified atom stereocenters. The van der Waals surface area contributed by atoms with Crippen molar-refractivity contribution in [2.75, 3.05) is 0 Å². The van der Waals surface area contributed by atoms with E-state index in [1.165, 1.54) is 0 Å². The summed E-state index contributed by atoms with van der Waals surface area (Å²) in [4.78, 5) is 23.2. The predicted molar refractivity (Wildman–Crippen MR) is 94.0 cm³/mol. The van der Waals surface area contributed by atoms with Crippen molar-refractivity contribution in [3.8, 4) is 5.75 Å². The van der Waals surface area contributed by atoms with E-state index in [0.717, 1.165) is 27.4 Å². The molecule has 2 aromatic carbocycles. The van der Waals surface area contributed by atoms with E-state index < -0.39 is 0 Å². The van der Waals surface area contributed by atoms with Crippen LogP contribution in [0.4, 0.5) is 4.79 Å². The molecule has 23 heavy (non-hydrogen) atoms. The quantitative estimate of drug-likeness (QED) is 0.789. The fourth-order valence-corrected chi connectivity index (χ4v) is 2.97. The molecule has 0 saturated carbocycles. The van der Waals surface area contributed by atoms with E-state index in [1.807, 2.05) is 48.5 Å². The first kappa shape index (κ1) is 15.8. The average molecular weight is 390 g/mol. The van der Waals surface area contributed by atoms with Crippen molar-refractivity contribution in [2.24, 2.45) is 0 Å². The Bertz CT molecular complexity index is 787. The summed E-state index contributed by atoms with van der Waals surface area (Å²) in [6.07, 6.45) is 1.67. The van der Waals surface area contributed by atoms with Crippen LogP contribution in [-0.4, -0.2) is 11.1 Å². The largest absolute Gasteiger partial charge is 0.488 e. The molecule has 116 valence electrons. The summed E-state index contributed by atoms with van der Waals surface area (Å²) in [5.41, 5.74) is 1.80. The fraction of sp³-hybridized carbons (Fsp3) is 0.0588. The lowest BCUT2D eigenvalue weighted by atomic mass is 10.2. The van der Waals surface area contributed by atoms with Gasteiger partial charge >= 0.3 is 0 Å². The van der Waals surface area contributed by atoms with Gasteiger partial charge in [-0.3, -0.25) is 14.9 Å². The van der Waals surface area contributed by atoms with Gasteiger partial charge in [-0.15, -0.1) is 0 Å². The molecule has 0 atom stereocenters. The summed E-state index contributed by atoms with van der Waals surface area (Å²) in [6, 6.07) is 15.3. The number of hydrogen-bond acceptors (Lipinski definition) is 4. The molecule has 1 fully saturated rings. The number of thioether (sulfide) groups is 1. The van der Waals surface area contributed by atoms with Crippen LogP contribution in [-0.2, 0) is 11.4 Å². The third-order valence-electron chi connectivity index (χ3n) is 3.16. The zero-order valence-electron chi connectivity index (χ0n) is 11.9. The van der Waals surface area contributed by atoms with Gasteiger partial charge in [0, 0.05) is 10.0 Å². The topological polar surface area (TPSA) is 55.4 Å². The minimum atomic E-state index is -0.372. The summed E-state index contributed by atoms with van der Waals surface area (Å²) in [5.74, 6) is 0.290. The number of imide groups is 1. The first-order chi connectivity index (χ1) is 11.1. The van der Waals surface area contributed by atoms with Crippen LogP contribution in [0.3, 0.4) is 0 Å². The number of carbonyl (C=O) groups is 2. The Hall–Kier alpha value is -2.05. The van der Waals surface area contributed by atoms with Gasteiger partial charge < -0.3 is 4.74 Å². The molecule has 1 aliphatic rings. The molecule has 0 radical (unpaired) electrons. The summed E-state index contributed by atoms with van der Waals surface area (Å²) in [6.45, 7) is 0.422. The normalized spacial score (nSPS) is 15.8. The van der Waals surface area contributed by atoms with Crippen LogP contribution in [0.5, 0.6) is 5.75 Å². The molecule has 0 spiro atoms. The van der Waals surface area contributed by atoms with Gasteiger partial charge in [-0.25, -0.2) is 0 Å². The Kier molecular flexibility index (Phi) is 4.83. The van der Waals surface area contributed by atoms with Crippen molar-refractivity contribution in [3.05, 3.63) is 69.0 Å². The van der Waals surface area contributed by atoms with Crippen LogP contribution in [0.1, 0.15) is 11.1 Å². The van der Waals surface area contributed by atoms with E-state index in [1.54, 1.807) is 6.08 Å². The number of nitrogens with one attached hydrogen (secondary N) is 1. The maximum atomic E-state index is 11.6. The summed E-state index contributed by atoms with van der Waals surface area (Å²) in [7, 11) is 0. The molecule has 2 aromatic rings. The predicted octanol–water partition coefficient (Wildman–Crippen LogP) is 4.35. The van der Waals surface area contributed by atoms with Crippen molar-refractivity contribution >= 4 is 44.9 Å². The second kappa shape index (κ2) is 7.02. The second-order valence-electron chi connectivity index (χ2n) is 4.81. The van der Waals surface area contributed by atoms with Gasteiger partial charge in [-0.2, -0.15) is 0 Å². The molecule has 1 aliphatic heterocycles. The molecule has 4 nitrogen and oxygen atoms in total. The number of para-hydroxylation sites is 1. The lowest BCUT2D eigenvalue weighted by molar-refractivity contribution is -0.115. The van der Waals surface area contributed by atoms with Crippen molar-refractivity contribution < 1.29 is 14.3 Å². The highest BCUT2D eigenvalue weighted by Gasteiger charge is 2.25. The fourth-order valence-electron chi connectivity index (χ4n) is 2.04. The highest BCUT2D eigenvalue weighted by atomic mass is 79.9. The van der Waals surface area contributed by atoms with E-state index in [-0.39, 0.29) is 11.1 Å². The molecule has 6 heteroatoms. The summed E-state index contributed by atoms with van der Waals surface area (Å²) >= 11 is 4.29. The Morgan fingerprint density at radius 2 is 1.83 bits per heavy atom. The van der Waals surface area contributed by atoms with Crippen molar-refractivity contribution in [1.82, 2.24) is 5.32 Å². The highest BCUT2D eigenvalue weighted by Crippen LogP contribution is 2.29. The molecule has 3 rings (SSSR count). The third kappa shape index (κ3) is 4.03. The summed E-state index contributed by atoms with van der Waals surface area (Å²) < 4.78 is 6.86. The SMILES string of the molecule is O=C1NC(=O)/C(=C/c2ccccc2OCc2ccc(Br)cc2)S1. The van der Waals surface area contributed by atoms with E-state index in [2.05, 4.69) is 21.2 Å². The number of hydrogen-bond donors (Lipinski definition) is 1. The maximum Gasteiger partial charge on any atom is 0.290 e. The number of carbonyl (C=O) groups excluding carboxylic acids is 2. The standard InChI is InChI=1S/C17H12BrNO3S/c18-13-7-5-11(6-8-13)10-22-14-4-2-1-3-12(14)9-15-16(20)19-17(21)23-15/h1-9H,10H2,(H,19,20,21)/b15-9-.